The van der Waals surface area contributed by atoms with E-state index in [1.54, 1.807) is 11.3 Å². The minimum atomic E-state index is 0.640. The number of benzene rings is 5. The molecule has 0 amide bonds. The van der Waals surface area contributed by atoms with Crippen molar-refractivity contribution in [3.63, 3.8) is 0 Å². The van der Waals surface area contributed by atoms with Crippen molar-refractivity contribution < 1.29 is 0 Å². The minimum Gasteiger partial charge on any atom is -0.236 e. The summed E-state index contributed by atoms with van der Waals surface area (Å²) in [6.45, 7) is 0. The summed E-state index contributed by atoms with van der Waals surface area (Å²) in [6.07, 6.45) is 0. The number of thiophene rings is 1. The van der Waals surface area contributed by atoms with Gasteiger partial charge in [-0.15, -0.1) is 22.7 Å². The van der Waals surface area contributed by atoms with E-state index in [9.17, 15) is 5.26 Å². The number of hydrogen-bond donors (Lipinski definition) is 0. The zero-order chi connectivity index (χ0) is 24.1. The zero-order valence-electron chi connectivity index (χ0n) is 19.1. The largest absolute Gasteiger partial charge is 0.236 e. The fraction of sp³-hybridized carbons (Fsp3) is 0. The van der Waals surface area contributed by atoms with Gasteiger partial charge in [0.15, 0.2) is 0 Å². The van der Waals surface area contributed by atoms with E-state index in [0.717, 1.165) is 31.9 Å². The molecule has 0 radical (unpaired) electrons. The van der Waals surface area contributed by atoms with Crippen molar-refractivity contribution >= 4 is 53.1 Å². The standard InChI is InChI=1S/C32H18N2S2/c33-19-20-16-23(18-24(17-20)32-34-28-9-2-4-11-30(28)36-32)21-12-14-22(15-13-21)25-7-5-8-27-26-6-1-3-10-29(26)35-31(25)27/h1-18H. The van der Waals surface area contributed by atoms with Crippen LogP contribution in [0.25, 0.3) is 63.2 Å². The molecule has 0 saturated heterocycles. The van der Waals surface area contributed by atoms with Crippen molar-refractivity contribution in [2.45, 2.75) is 0 Å². The van der Waals surface area contributed by atoms with Gasteiger partial charge in [-0.1, -0.05) is 72.8 Å². The number of hydrogen-bond acceptors (Lipinski definition) is 4. The number of nitriles is 1. The molecule has 2 heterocycles. The summed E-state index contributed by atoms with van der Waals surface area (Å²) in [4.78, 5) is 4.80. The summed E-state index contributed by atoms with van der Waals surface area (Å²) in [7, 11) is 0. The Hall–Kier alpha value is -4.30. The van der Waals surface area contributed by atoms with Crippen molar-refractivity contribution in [3.8, 4) is 38.9 Å². The first-order chi connectivity index (χ1) is 17.8. The van der Waals surface area contributed by atoms with Crippen LogP contribution in [0.2, 0.25) is 0 Å². The van der Waals surface area contributed by atoms with Crippen molar-refractivity contribution in [3.05, 3.63) is 115 Å². The summed E-state index contributed by atoms with van der Waals surface area (Å²) in [5, 5.41) is 13.3. The first-order valence-corrected chi connectivity index (χ1v) is 13.3. The molecule has 2 nitrogen and oxygen atoms in total. The number of aromatic nitrogens is 1. The van der Waals surface area contributed by atoms with Gasteiger partial charge in [0.25, 0.3) is 0 Å². The fourth-order valence-corrected chi connectivity index (χ4v) is 6.99. The fourth-order valence-electron chi connectivity index (χ4n) is 4.79. The van der Waals surface area contributed by atoms with Crippen molar-refractivity contribution in [2.75, 3.05) is 0 Å². The average molecular weight is 495 g/mol. The lowest BCUT2D eigenvalue weighted by Crippen LogP contribution is -1.86. The Balaban J connectivity index is 1.31. The Labute approximate surface area is 216 Å². The summed E-state index contributed by atoms with van der Waals surface area (Å²) >= 11 is 3.50. The van der Waals surface area contributed by atoms with Gasteiger partial charge in [-0.25, -0.2) is 4.98 Å². The highest BCUT2D eigenvalue weighted by molar-refractivity contribution is 7.26. The minimum absolute atomic E-state index is 0.640. The van der Waals surface area contributed by atoms with Gasteiger partial charge >= 0.3 is 0 Å². The maximum absolute atomic E-state index is 9.71. The lowest BCUT2D eigenvalue weighted by atomic mass is 9.97. The molecule has 0 fully saturated rings. The molecule has 0 spiro atoms. The SMILES string of the molecule is N#Cc1cc(-c2ccc(-c3cccc4c3sc3ccccc34)cc2)cc(-c2nc3ccccc3s2)c1. The van der Waals surface area contributed by atoms with E-state index in [1.165, 1.54) is 31.3 Å². The van der Waals surface area contributed by atoms with Crippen molar-refractivity contribution in [2.24, 2.45) is 0 Å². The molecule has 0 aliphatic heterocycles. The Bertz CT molecular complexity index is 1920. The second-order valence-corrected chi connectivity index (χ2v) is 10.8. The zero-order valence-corrected chi connectivity index (χ0v) is 20.7. The Morgan fingerprint density at radius 3 is 2.14 bits per heavy atom. The third kappa shape index (κ3) is 3.49. The summed E-state index contributed by atoms with van der Waals surface area (Å²) < 4.78 is 3.78. The van der Waals surface area contributed by atoms with E-state index in [1.807, 2.05) is 41.7 Å². The second kappa shape index (κ2) is 8.42. The maximum atomic E-state index is 9.71. The average Bonchev–Trinajstić information content (AvgIpc) is 3.55. The molecule has 0 aliphatic carbocycles. The monoisotopic (exact) mass is 494 g/mol. The van der Waals surface area contributed by atoms with Crippen LogP contribution in [0.1, 0.15) is 5.56 Å². The number of fused-ring (bicyclic) bond motifs is 4. The van der Waals surface area contributed by atoms with Crippen LogP contribution in [0.4, 0.5) is 0 Å². The topological polar surface area (TPSA) is 36.7 Å². The lowest BCUT2D eigenvalue weighted by molar-refractivity contribution is 1.45. The van der Waals surface area contributed by atoms with Gasteiger partial charge in [0.2, 0.25) is 0 Å². The maximum Gasteiger partial charge on any atom is 0.124 e. The van der Waals surface area contributed by atoms with Crippen LogP contribution < -0.4 is 0 Å². The van der Waals surface area contributed by atoms with Crippen LogP contribution in [-0.2, 0) is 0 Å². The van der Waals surface area contributed by atoms with Gasteiger partial charge in [0.05, 0.1) is 21.8 Å². The van der Waals surface area contributed by atoms with E-state index in [2.05, 4.69) is 84.9 Å². The summed E-state index contributed by atoms with van der Waals surface area (Å²) in [6, 6.07) is 40.3. The van der Waals surface area contributed by atoms with E-state index >= 15 is 0 Å². The van der Waals surface area contributed by atoms with Gasteiger partial charge in [-0.3, -0.25) is 0 Å². The lowest BCUT2D eigenvalue weighted by Gasteiger charge is -2.08. The molecule has 7 rings (SSSR count). The van der Waals surface area contributed by atoms with E-state index in [0.29, 0.717) is 5.56 Å². The first-order valence-electron chi connectivity index (χ1n) is 11.7. The normalized spacial score (nSPS) is 11.3. The molecule has 0 atom stereocenters. The molecular formula is C32H18N2S2. The van der Waals surface area contributed by atoms with Gasteiger partial charge in [0.1, 0.15) is 5.01 Å². The van der Waals surface area contributed by atoms with Crippen LogP contribution in [0.3, 0.4) is 0 Å². The van der Waals surface area contributed by atoms with Gasteiger partial charge in [-0.2, -0.15) is 5.26 Å². The molecular weight excluding hydrogens is 477 g/mol. The Morgan fingerprint density at radius 1 is 0.583 bits per heavy atom. The number of para-hydroxylation sites is 1. The number of nitrogens with zero attached hydrogens (tertiary/aromatic N) is 2. The molecule has 36 heavy (non-hydrogen) atoms. The molecule has 5 aromatic carbocycles. The van der Waals surface area contributed by atoms with E-state index in [4.69, 9.17) is 4.98 Å². The quantitative estimate of drug-likeness (QED) is 0.245. The van der Waals surface area contributed by atoms with Gasteiger partial charge in [-0.05, 0) is 58.7 Å². The van der Waals surface area contributed by atoms with Crippen LogP contribution in [-0.4, -0.2) is 4.98 Å². The molecule has 0 saturated carbocycles. The number of rotatable bonds is 3. The van der Waals surface area contributed by atoms with Crippen LogP contribution in [0.5, 0.6) is 0 Å². The Kier molecular flexibility index (Phi) is 4.92. The van der Waals surface area contributed by atoms with Crippen molar-refractivity contribution in [1.29, 1.82) is 5.26 Å². The molecule has 0 bridgehead atoms. The van der Waals surface area contributed by atoms with E-state index in [-0.39, 0.29) is 0 Å². The molecule has 2 aromatic heterocycles. The van der Waals surface area contributed by atoms with Crippen LogP contribution in [0.15, 0.2) is 109 Å². The van der Waals surface area contributed by atoms with Crippen LogP contribution in [0, 0.1) is 11.3 Å². The van der Waals surface area contributed by atoms with Gasteiger partial charge in [0, 0.05) is 25.7 Å². The molecule has 7 aromatic rings. The Morgan fingerprint density at radius 2 is 1.31 bits per heavy atom. The molecule has 168 valence electrons. The third-order valence-corrected chi connectivity index (χ3v) is 8.84. The highest BCUT2D eigenvalue weighted by Crippen LogP contribution is 2.40. The van der Waals surface area contributed by atoms with E-state index < -0.39 is 0 Å². The predicted octanol–water partition coefficient (Wildman–Crippen LogP) is 9.54. The molecule has 4 heteroatoms. The van der Waals surface area contributed by atoms with Crippen LogP contribution >= 0.6 is 22.7 Å². The van der Waals surface area contributed by atoms with Gasteiger partial charge < -0.3 is 0 Å². The highest BCUT2D eigenvalue weighted by atomic mass is 32.1. The second-order valence-electron chi connectivity index (χ2n) is 8.76. The third-order valence-electron chi connectivity index (χ3n) is 6.54. The highest BCUT2D eigenvalue weighted by Gasteiger charge is 2.12. The summed E-state index contributed by atoms with van der Waals surface area (Å²) in [5.74, 6) is 0. The van der Waals surface area contributed by atoms with Crippen molar-refractivity contribution in [1.82, 2.24) is 4.98 Å². The molecule has 0 N–H and O–H groups in total. The smallest absolute Gasteiger partial charge is 0.124 e. The molecule has 0 unspecified atom stereocenters. The first kappa shape index (κ1) is 21.0. The molecule has 0 aliphatic rings. The summed E-state index contributed by atoms with van der Waals surface area (Å²) in [5.41, 5.74) is 7.16. The predicted molar refractivity (Wildman–Crippen MR) is 154 cm³/mol. The number of thiazole rings is 1.